The maximum absolute atomic E-state index is 12.8. The molecular formula is C10H7Cl3FNOS. The summed E-state index contributed by atoms with van der Waals surface area (Å²) < 4.78 is 11.2. The van der Waals surface area contributed by atoms with Crippen LogP contribution in [-0.4, -0.2) is 20.8 Å². The molecule has 1 fully saturated rings. The first-order valence-electron chi connectivity index (χ1n) is 4.65. The van der Waals surface area contributed by atoms with Gasteiger partial charge in [-0.25, -0.2) is 4.39 Å². The van der Waals surface area contributed by atoms with Gasteiger partial charge in [0, 0.05) is 5.69 Å². The summed E-state index contributed by atoms with van der Waals surface area (Å²) in [6, 6.07) is 5.51. The molecule has 0 spiro atoms. The molecule has 1 aromatic carbocycles. The molecule has 2 nitrogen and oxygen atoms in total. The molecule has 0 N–H and O–H groups in total. The minimum absolute atomic E-state index is 0.155. The van der Waals surface area contributed by atoms with Gasteiger partial charge >= 0.3 is 0 Å². The average molecular weight is 315 g/mol. The van der Waals surface area contributed by atoms with E-state index in [1.807, 2.05) is 0 Å². The molecule has 1 heterocycles. The van der Waals surface area contributed by atoms with Crippen molar-refractivity contribution >= 4 is 58.2 Å². The van der Waals surface area contributed by atoms with E-state index in [-0.39, 0.29) is 17.5 Å². The monoisotopic (exact) mass is 313 g/mol. The van der Waals surface area contributed by atoms with Crippen LogP contribution in [0.25, 0.3) is 0 Å². The van der Waals surface area contributed by atoms with Crippen LogP contribution < -0.4 is 4.90 Å². The second-order valence-electron chi connectivity index (χ2n) is 3.45. The van der Waals surface area contributed by atoms with Crippen LogP contribution in [0.5, 0.6) is 0 Å². The normalized spacial score (nSPS) is 21.1. The van der Waals surface area contributed by atoms with Gasteiger partial charge in [-0.2, -0.15) is 0 Å². The van der Waals surface area contributed by atoms with Gasteiger partial charge in [-0.15, -0.1) is 11.8 Å². The summed E-state index contributed by atoms with van der Waals surface area (Å²) in [6.45, 7) is 0. The van der Waals surface area contributed by atoms with Gasteiger partial charge in [0.1, 0.15) is 11.2 Å². The molecule has 1 saturated heterocycles. The second-order valence-corrected chi connectivity index (χ2v) is 6.88. The van der Waals surface area contributed by atoms with Crippen molar-refractivity contribution in [2.45, 2.75) is 9.17 Å². The van der Waals surface area contributed by atoms with Gasteiger partial charge in [-0.3, -0.25) is 9.69 Å². The quantitative estimate of drug-likeness (QED) is 0.738. The van der Waals surface area contributed by atoms with Gasteiger partial charge in [-0.1, -0.05) is 34.8 Å². The van der Waals surface area contributed by atoms with Crippen molar-refractivity contribution in [2.75, 3.05) is 10.7 Å². The Kier molecular flexibility index (Phi) is 3.78. The van der Waals surface area contributed by atoms with Crippen LogP contribution in [0.2, 0.25) is 0 Å². The fourth-order valence-corrected chi connectivity index (χ4v) is 3.42. The fraction of sp³-hybridized carbons (Fsp3) is 0.300. The standard InChI is InChI=1S/C10H7Cl3FNOS/c11-10(12,13)9-15(8(16)5-17-9)7-3-1-6(14)2-4-7/h1-4,9H,5H2. The Hall–Kier alpha value is -0.160. The first kappa shape index (κ1) is 13.3. The zero-order valence-electron chi connectivity index (χ0n) is 8.37. The van der Waals surface area contributed by atoms with Crippen molar-refractivity contribution in [3.05, 3.63) is 30.1 Å². The lowest BCUT2D eigenvalue weighted by Crippen LogP contribution is -2.40. The zero-order chi connectivity index (χ0) is 12.6. The summed E-state index contributed by atoms with van der Waals surface area (Å²) in [7, 11) is 0. The van der Waals surface area contributed by atoms with Crippen LogP contribution >= 0.6 is 46.6 Å². The smallest absolute Gasteiger partial charge is 0.238 e. The summed E-state index contributed by atoms with van der Waals surface area (Å²) in [5, 5.41) is -0.592. The van der Waals surface area contributed by atoms with Crippen LogP contribution in [0.15, 0.2) is 24.3 Å². The number of alkyl halides is 3. The summed E-state index contributed by atoms with van der Waals surface area (Å²) in [5.41, 5.74) is 0.526. The lowest BCUT2D eigenvalue weighted by atomic mass is 10.3. The molecule has 1 aromatic rings. The molecule has 7 heteroatoms. The van der Waals surface area contributed by atoms with Gasteiger partial charge in [-0.05, 0) is 24.3 Å². The average Bonchev–Trinajstić information content (AvgIpc) is 2.61. The molecule has 0 radical (unpaired) electrons. The van der Waals surface area contributed by atoms with Crippen molar-refractivity contribution in [3.63, 3.8) is 0 Å². The Morgan fingerprint density at radius 3 is 2.41 bits per heavy atom. The lowest BCUT2D eigenvalue weighted by Gasteiger charge is -2.28. The van der Waals surface area contributed by atoms with Crippen LogP contribution in [-0.2, 0) is 4.79 Å². The highest BCUT2D eigenvalue weighted by Gasteiger charge is 2.45. The van der Waals surface area contributed by atoms with Crippen molar-refractivity contribution in [2.24, 2.45) is 0 Å². The third kappa shape index (κ3) is 2.81. The number of halogens is 4. The number of carbonyl (C=O) groups is 1. The predicted octanol–water partition coefficient (Wildman–Crippen LogP) is 3.60. The number of nitrogens with zero attached hydrogens (tertiary/aromatic N) is 1. The van der Waals surface area contributed by atoms with E-state index >= 15 is 0 Å². The van der Waals surface area contributed by atoms with E-state index in [1.165, 1.54) is 40.9 Å². The van der Waals surface area contributed by atoms with Crippen LogP contribution in [0.4, 0.5) is 10.1 Å². The van der Waals surface area contributed by atoms with E-state index < -0.39 is 9.17 Å². The molecule has 0 aliphatic carbocycles. The highest BCUT2D eigenvalue weighted by Crippen LogP contribution is 2.44. The van der Waals surface area contributed by atoms with Gasteiger partial charge < -0.3 is 0 Å². The topological polar surface area (TPSA) is 20.3 Å². The van der Waals surface area contributed by atoms with E-state index in [4.69, 9.17) is 34.8 Å². The van der Waals surface area contributed by atoms with E-state index in [1.54, 1.807) is 0 Å². The lowest BCUT2D eigenvalue weighted by molar-refractivity contribution is -0.115. The number of thioether (sulfide) groups is 1. The molecule has 17 heavy (non-hydrogen) atoms. The van der Waals surface area contributed by atoms with Crippen LogP contribution in [0.3, 0.4) is 0 Å². The summed E-state index contributed by atoms with van der Waals surface area (Å²) in [4.78, 5) is 13.1. The van der Waals surface area contributed by atoms with Gasteiger partial charge in [0.2, 0.25) is 9.70 Å². The minimum atomic E-state index is -1.58. The molecular weight excluding hydrogens is 308 g/mol. The molecule has 0 bridgehead atoms. The first-order valence-corrected chi connectivity index (χ1v) is 6.84. The number of benzene rings is 1. The fourth-order valence-electron chi connectivity index (χ4n) is 1.55. The highest BCUT2D eigenvalue weighted by atomic mass is 35.6. The second kappa shape index (κ2) is 4.84. The molecule has 1 aliphatic heterocycles. The summed E-state index contributed by atoms with van der Waals surface area (Å²) in [6.07, 6.45) is 0. The van der Waals surface area contributed by atoms with E-state index in [2.05, 4.69) is 0 Å². The Morgan fingerprint density at radius 1 is 1.29 bits per heavy atom. The molecule has 0 saturated carbocycles. The highest BCUT2D eigenvalue weighted by molar-refractivity contribution is 8.01. The molecule has 92 valence electrons. The first-order chi connectivity index (χ1) is 7.89. The number of hydrogen-bond acceptors (Lipinski definition) is 2. The Labute approximate surface area is 117 Å². The number of hydrogen-bond donors (Lipinski definition) is 0. The predicted molar refractivity (Wildman–Crippen MR) is 70.4 cm³/mol. The van der Waals surface area contributed by atoms with Crippen molar-refractivity contribution in [1.82, 2.24) is 0 Å². The Morgan fingerprint density at radius 2 is 1.88 bits per heavy atom. The number of amides is 1. The Bertz CT molecular complexity index is 434. The van der Waals surface area contributed by atoms with Crippen molar-refractivity contribution in [1.29, 1.82) is 0 Å². The van der Waals surface area contributed by atoms with Crippen LogP contribution in [0, 0.1) is 5.82 Å². The molecule has 2 rings (SSSR count). The van der Waals surface area contributed by atoms with Crippen molar-refractivity contribution in [3.8, 4) is 0 Å². The van der Waals surface area contributed by atoms with Crippen LogP contribution in [0.1, 0.15) is 0 Å². The maximum atomic E-state index is 12.8. The van der Waals surface area contributed by atoms with E-state index in [0.29, 0.717) is 5.69 Å². The molecule has 1 amide bonds. The number of rotatable bonds is 1. The molecule has 0 aromatic heterocycles. The zero-order valence-corrected chi connectivity index (χ0v) is 11.5. The van der Waals surface area contributed by atoms with Gasteiger partial charge in [0.05, 0.1) is 5.75 Å². The van der Waals surface area contributed by atoms with Crippen molar-refractivity contribution < 1.29 is 9.18 Å². The van der Waals surface area contributed by atoms with E-state index in [9.17, 15) is 9.18 Å². The largest absolute Gasteiger partial charge is 0.295 e. The van der Waals surface area contributed by atoms with E-state index in [0.717, 1.165) is 0 Å². The minimum Gasteiger partial charge on any atom is -0.295 e. The van der Waals surface area contributed by atoms with Gasteiger partial charge in [0.25, 0.3) is 0 Å². The summed E-state index contributed by atoms with van der Waals surface area (Å²) in [5.74, 6) is -0.285. The summed E-state index contributed by atoms with van der Waals surface area (Å²) >= 11 is 18.7. The molecule has 1 unspecified atom stereocenters. The number of carbonyl (C=O) groups excluding carboxylic acids is 1. The van der Waals surface area contributed by atoms with Gasteiger partial charge in [0.15, 0.2) is 0 Å². The number of anilines is 1. The SMILES string of the molecule is O=C1CSC(C(Cl)(Cl)Cl)N1c1ccc(F)cc1. The Balaban J connectivity index is 2.34. The third-order valence-corrected chi connectivity index (χ3v) is 4.55. The maximum Gasteiger partial charge on any atom is 0.238 e. The molecule has 1 aliphatic rings. The molecule has 1 atom stereocenters. The third-order valence-electron chi connectivity index (χ3n) is 2.25.